The zero-order valence-corrected chi connectivity index (χ0v) is 12.5. The Morgan fingerprint density at radius 3 is 2.95 bits per heavy atom. The third kappa shape index (κ3) is 4.46. The molecular formula is C16H27N3O. The number of pyridine rings is 1. The van der Waals surface area contributed by atoms with Crippen LogP contribution in [0.25, 0.3) is 0 Å². The number of aromatic nitrogens is 1. The van der Waals surface area contributed by atoms with Crippen molar-refractivity contribution in [1.29, 1.82) is 0 Å². The summed E-state index contributed by atoms with van der Waals surface area (Å²) in [5, 5.41) is 12.4. The zero-order valence-electron chi connectivity index (χ0n) is 12.5. The first-order valence-corrected chi connectivity index (χ1v) is 7.87. The molecule has 20 heavy (non-hydrogen) atoms. The third-order valence-corrected chi connectivity index (χ3v) is 3.96. The van der Waals surface area contributed by atoms with Gasteiger partial charge in [-0.25, -0.2) is 4.98 Å². The van der Waals surface area contributed by atoms with Gasteiger partial charge in [0.15, 0.2) is 0 Å². The summed E-state index contributed by atoms with van der Waals surface area (Å²) in [4.78, 5) is 6.87. The van der Waals surface area contributed by atoms with Crippen LogP contribution < -0.4 is 5.32 Å². The standard InChI is InChI=1S/C16H27N3O/c1-2-8-17-16-12-14(7-9-18-16)13-19(10-4-11-20)15-5-3-6-15/h7,9,12,15,20H,2-6,8,10-11,13H2,1H3,(H,17,18). The molecule has 0 amide bonds. The molecule has 1 heterocycles. The maximum atomic E-state index is 9.05. The topological polar surface area (TPSA) is 48.4 Å². The number of hydrogen-bond donors (Lipinski definition) is 2. The number of hydrogen-bond acceptors (Lipinski definition) is 4. The van der Waals surface area contributed by atoms with Gasteiger partial charge in [-0.05, 0) is 43.4 Å². The van der Waals surface area contributed by atoms with Gasteiger partial charge in [-0.2, -0.15) is 0 Å². The van der Waals surface area contributed by atoms with Gasteiger partial charge in [-0.1, -0.05) is 13.3 Å². The summed E-state index contributed by atoms with van der Waals surface area (Å²) in [7, 11) is 0. The van der Waals surface area contributed by atoms with E-state index in [0.717, 1.165) is 38.3 Å². The molecule has 1 aromatic heterocycles. The van der Waals surface area contributed by atoms with E-state index >= 15 is 0 Å². The minimum absolute atomic E-state index is 0.281. The van der Waals surface area contributed by atoms with Gasteiger partial charge in [0, 0.05) is 38.5 Å². The number of rotatable bonds is 9. The summed E-state index contributed by atoms with van der Waals surface area (Å²) in [5.41, 5.74) is 1.31. The Balaban J connectivity index is 1.94. The molecule has 2 N–H and O–H groups in total. The van der Waals surface area contributed by atoms with E-state index in [-0.39, 0.29) is 6.61 Å². The second-order valence-electron chi connectivity index (χ2n) is 5.61. The lowest BCUT2D eigenvalue weighted by atomic mass is 9.91. The van der Waals surface area contributed by atoms with Gasteiger partial charge in [0.05, 0.1) is 0 Å². The molecule has 1 aliphatic rings. The van der Waals surface area contributed by atoms with E-state index in [2.05, 4.69) is 34.3 Å². The van der Waals surface area contributed by atoms with Crippen LogP contribution in [0.4, 0.5) is 5.82 Å². The average molecular weight is 277 g/mol. The fourth-order valence-electron chi connectivity index (χ4n) is 2.57. The fraction of sp³-hybridized carbons (Fsp3) is 0.688. The number of nitrogens with zero attached hydrogens (tertiary/aromatic N) is 2. The van der Waals surface area contributed by atoms with Crippen LogP contribution in [0.5, 0.6) is 0 Å². The molecule has 0 spiro atoms. The molecule has 4 nitrogen and oxygen atoms in total. The lowest BCUT2D eigenvalue weighted by Crippen LogP contribution is -2.40. The number of aliphatic hydroxyl groups is 1. The Morgan fingerprint density at radius 2 is 2.30 bits per heavy atom. The quantitative estimate of drug-likeness (QED) is 0.728. The van der Waals surface area contributed by atoms with E-state index in [4.69, 9.17) is 5.11 Å². The Labute approximate surface area is 122 Å². The molecule has 0 unspecified atom stereocenters. The van der Waals surface area contributed by atoms with Crippen LogP contribution in [0.2, 0.25) is 0 Å². The highest BCUT2D eigenvalue weighted by Gasteiger charge is 2.24. The molecule has 0 saturated heterocycles. The second-order valence-corrected chi connectivity index (χ2v) is 5.61. The van der Waals surface area contributed by atoms with Crippen LogP contribution in [-0.2, 0) is 6.54 Å². The zero-order chi connectivity index (χ0) is 14.2. The predicted octanol–water partition coefficient (Wildman–Crippen LogP) is 2.64. The van der Waals surface area contributed by atoms with Gasteiger partial charge < -0.3 is 10.4 Å². The maximum absolute atomic E-state index is 9.05. The van der Waals surface area contributed by atoms with Crippen LogP contribution in [0, 0.1) is 0 Å². The fourth-order valence-corrected chi connectivity index (χ4v) is 2.57. The molecular weight excluding hydrogens is 250 g/mol. The Bertz CT molecular complexity index is 393. The second kappa shape index (κ2) is 8.22. The average Bonchev–Trinajstić information content (AvgIpc) is 2.41. The smallest absolute Gasteiger partial charge is 0.126 e. The van der Waals surface area contributed by atoms with E-state index in [1.165, 1.54) is 24.8 Å². The normalized spacial score (nSPS) is 15.3. The first-order valence-electron chi connectivity index (χ1n) is 7.87. The highest BCUT2D eigenvalue weighted by molar-refractivity contribution is 5.37. The van der Waals surface area contributed by atoms with Crippen LogP contribution in [0.15, 0.2) is 18.3 Å². The first kappa shape index (κ1) is 15.3. The molecule has 1 aromatic rings. The highest BCUT2D eigenvalue weighted by Crippen LogP contribution is 2.26. The third-order valence-electron chi connectivity index (χ3n) is 3.96. The van der Waals surface area contributed by atoms with Crippen molar-refractivity contribution in [1.82, 2.24) is 9.88 Å². The molecule has 1 aliphatic carbocycles. The Kier molecular flexibility index (Phi) is 6.27. The van der Waals surface area contributed by atoms with Crippen molar-refractivity contribution in [3.8, 4) is 0 Å². The number of aliphatic hydroxyl groups excluding tert-OH is 1. The van der Waals surface area contributed by atoms with Crippen LogP contribution in [0.3, 0.4) is 0 Å². The lowest BCUT2D eigenvalue weighted by molar-refractivity contribution is 0.109. The molecule has 0 bridgehead atoms. The lowest BCUT2D eigenvalue weighted by Gasteiger charge is -2.37. The van der Waals surface area contributed by atoms with Gasteiger partial charge >= 0.3 is 0 Å². The summed E-state index contributed by atoms with van der Waals surface area (Å²) in [6, 6.07) is 4.96. The van der Waals surface area contributed by atoms with Crippen molar-refractivity contribution in [2.75, 3.05) is 25.0 Å². The van der Waals surface area contributed by atoms with Crippen molar-refractivity contribution < 1.29 is 5.11 Å². The van der Waals surface area contributed by atoms with Gasteiger partial charge in [-0.15, -0.1) is 0 Å². The van der Waals surface area contributed by atoms with Gasteiger partial charge in [0.2, 0.25) is 0 Å². The van der Waals surface area contributed by atoms with Crippen molar-refractivity contribution in [2.45, 2.75) is 51.6 Å². The monoisotopic (exact) mass is 277 g/mol. The van der Waals surface area contributed by atoms with E-state index < -0.39 is 0 Å². The molecule has 2 rings (SSSR count). The first-order chi connectivity index (χ1) is 9.83. The molecule has 112 valence electrons. The van der Waals surface area contributed by atoms with E-state index in [1.807, 2.05) is 6.20 Å². The minimum Gasteiger partial charge on any atom is -0.396 e. The minimum atomic E-state index is 0.281. The maximum Gasteiger partial charge on any atom is 0.126 e. The number of anilines is 1. The summed E-state index contributed by atoms with van der Waals surface area (Å²) in [5.74, 6) is 0.972. The Morgan fingerprint density at radius 1 is 1.45 bits per heavy atom. The van der Waals surface area contributed by atoms with Gasteiger partial charge in [0.25, 0.3) is 0 Å². The molecule has 0 atom stereocenters. The molecule has 0 aromatic carbocycles. The van der Waals surface area contributed by atoms with Crippen molar-refractivity contribution in [2.24, 2.45) is 0 Å². The van der Waals surface area contributed by atoms with Gasteiger partial charge in [0.1, 0.15) is 5.82 Å². The van der Waals surface area contributed by atoms with E-state index in [0.29, 0.717) is 6.04 Å². The van der Waals surface area contributed by atoms with Crippen molar-refractivity contribution >= 4 is 5.82 Å². The predicted molar refractivity (Wildman–Crippen MR) is 82.8 cm³/mol. The molecule has 0 radical (unpaired) electrons. The van der Waals surface area contributed by atoms with Gasteiger partial charge in [-0.3, -0.25) is 4.90 Å². The van der Waals surface area contributed by atoms with E-state index in [9.17, 15) is 0 Å². The highest BCUT2D eigenvalue weighted by atomic mass is 16.3. The van der Waals surface area contributed by atoms with Crippen molar-refractivity contribution in [3.05, 3.63) is 23.9 Å². The molecule has 0 aliphatic heterocycles. The van der Waals surface area contributed by atoms with Crippen LogP contribution in [0.1, 0.15) is 44.6 Å². The van der Waals surface area contributed by atoms with Crippen molar-refractivity contribution in [3.63, 3.8) is 0 Å². The largest absolute Gasteiger partial charge is 0.396 e. The molecule has 1 saturated carbocycles. The summed E-state index contributed by atoms with van der Waals surface area (Å²) in [6.07, 6.45) is 7.81. The number of nitrogens with one attached hydrogen (secondary N) is 1. The summed E-state index contributed by atoms with van der Waals surface area (Å²) < 4.78 is 0. The summed E-state index contributed by atoms with van der Waals surface area (Å²) >= 11 is 0. The van der Waals surface area contributed by atoms with Crippen LogP contribution in [-0.4, -0.2) is 40.7 Å². The molecule has 1 fully saturated rings. The SMILES string of the molecule is CCCNc1cc(CN(CCCO)C2CCC2)ccn1. The van der Waals surface area contributed by atoms with E-state index in [1.54, 1.807) is 0 Å². The Hall–Kier alpha value is -1.13. The summed E-state index contributed by atoms with van der Waals surface area (Å²) in [6.45, 7) is 5.36. The van der Waals surface area contributed by atoms with Crippen LogP contribution >= 0.6 is 0 Å². The molecule has 4 heteroatoms.